The molecule has 0 aromatic heterocycles. The Bertz CT molecular complexity index is 629. The fourth-order valence-electron chi connectivity index (χ4n) is 2.82. The SMILES string of the molecule is CC1NC(=O)CC(C(=O)N[C@@H](c2ccc(C(F)(F)F)cc2)C(C)C)N1. The number of carbonyl (C=O) groups is 2. The summed E-state index contributed by atoms with van der Waals surface area (Å²) in [5.41, 5.74) is -0.144. The number of rotatable bonds is 4. The summed E-state index contributed by atoms with van der Waals surface area (Å²) in [6.45, 7) is 5.46. The molecule has 3 atom stereocenters. The van der Waals surface area contributed by atoms with Gasteiger partial charge in [0.15, 0.2) is 0 Å². The van der Waals surface area contributed by atoms with Gasteiger partial charge in [-0.2, -0.15) is 13.2 Å². The zero-order valence-corrected chi connectivity index (χ0v) is 14.3. The van der Waals surface area contributed by atoms with Crippen LogP contribution in [0, 0.1) is 5.92 Å². The number of alkyl halides is 3. The lowest BCUT2D eigenvalue weighted by molar-refractivity contribution is -0.137. The minimum atomic E-state index is -4.40. The first-order chi connectivity index (χ1) is 11.6. The number of carbonyl (C=O) groups excluding carboxylic acids is 2. The largest absolute Gasteiger partial charge is 0.416 e. The second kappa shape index (κ2) is 7.43. The van der Waals surface area contributed by atoms with Gasteiger partial charge in [-0.05, 0) is 30.5 Å². The highest BCUT2D eigenvalue weighted by Crippen LogP contribution is 2.31. The summed E-state index contributed by atoms with van der Waals surface area (Å²) >= 11 is 0. The summed E-state index contributed by atoms with van der Waals surface area (Å²) in [5.74, 6) is -0.599. The zero-order valence-electron chi connectivity index (χ0n) is 14.3. The molecule has 1 aliphatic heterocycles. The molecule has 1 fully saturated rings. The van der Waals surface area contributed by atoms with Crippen molar-refractivity contribution in [3.05, 3.63) is 35.4 Å². The van der Waals surface area contributed by atoms with E-state index < -0.39 is 23.8 Å². The van der Waals surface area contributed by atoms with Gasteiger partial charge in [0.1, 0.15) is 0 Å². The van der Waals surface area contributed by atoms with E-state index in [-0.39, 0.29) is 30.3 Å². The minimum absolute atomic E-state index is 0.0218. The summed E-state index contributed by atoms with van der Waals surface area (Å²) in [4.78, 5) is 24.0. The molecule has 2 unspecified atom stereocenters. The quantitative estimate of drug-likeness (QED) is 0.775. The Morgan fingerprint density at radius 2 is 1.84 bits per heavy atom. The van der Waals surface area contributed by atoms with Crippen LogP contribution in [0.15, 0.2) is 24.3 Å². The third kappa shape index (κ3) is 4.94. The van der Waals surface area contributed by atoms with E-state index in [0.717, 1.165) is 12.1 Å². The topological polar surface area (TPSA) is 70.2 Å². The Labute approximate surface area is 144 Å². The highest BCUT2D eigenvalue weighted by Gasteiger charge is 2.32. The van der Waals surface area contributed by atoms with Crippen LogP contribution in [-0.4, -0.2) is 24.0 Å². The highest BCUT2D eigenvalue weighted by atomic mass is 19.4. The molecular weight excluding hydrogens is 335 g/mol. The van der Waals surface area contributed by atoms with E-state index in [9.17, 15) is 22.8 Å². The van der Waals surface area contributed by atoms with E-state index in [4.69, 9.17) is 0 Å². The molecule has 0 aliphatic carbocycles. The van der Waals surface area contributed by atoms with Gasteiger partial charge < -0.3 is 10.6 Å². The van der Waals surface area contributed by atoms with Gasteiger partial charge in [0.05, 0.1) is 30.2 Å². The Morgan fingerprint density at radius 1 is 1.24 bits per heavy atom. The lowest BCUT2D eigenvalue weighted by Gasteiger charge is -2.31. The molecule has 8 heteroatoms. The molecule has 0 saturated carbocycles. The molecule has 1 saturated heterocycles. The normalized spacial score (nSPS) is 22.4. The second-order valence-electron chi connectivity index (χ2n) is 6.56. The lowest BCUT2D eigenvalue weighted by atomic mass is 9.94. The van der Waals surface area contributed by atoms with Gasteiger partial charge in [0.25, 0.3) is 0 Å². The Kier molecular flexibility index (Phi) is 5.72. The van der Waals surface area contributed by atoms with E-state index in [1.807, 2.05) is 13.8 Å². The maximum absolute atomic E-state index is 12.7. The molecule has 1 aliphatic rings. The zero-order chi connectivity index (χ0) is 18.8. The van der Waals surface area contributed by atoms with Crippen molar-refractivity contribution in [1.82, 2.24) is 16.0 Å². The van der Waals surface area contributed by atoms with Gasteiger partial charge in [0.2, 0.25) is 11.8 Å². The van der Waals surface area contributed by atoms with Gasteiger partial charge in [-0.1, -0.05) is 26.0 Å². The number of halogens is 3. The molecule has 2 amide bonds. The summed E-state index contributed by atoms with van der Waals surface area (Å²) in [6, 6.07) is 3.64. The number of amides is 2. The van der Waals surface area contributed by atoms with Crippen molar-refractivity contribution < 1.29 is 22.8 Å². The highest BCUT2D eigenvalue weighted by molar-refractivity contribution is 5.89. The standard InChI is InChI=1S/C17H22F3N3O2/c1-9(2)15(11-4-6-12(7-5-11)17(18,19)20)23-16(25)13-8-14(24)22-10(3)21-13/h4-7,9-10,13,15,21H,8H2,1-3H3,(H,22,24)(H,23,25)/t10?,13?,15-/m1/s1. The fourth-order valence-corrected chi connectivity index (χ4v) is 2.82. The molecule has 138 valence electrons. The molecule has 1 heterocycles. The molecule has 0 radical (unpaired) electrons. The average molecular weight is 357 g/mol. The van der Waals surface area contributed by atoms with E-state index >= 15 is 0 Å². The van der Waals surface area contributed by atoms with Crippen LogP contribution in [0.1, 0.15) is 44.4 Å². The predicted octanol–water partition coefficient (Wildman–Crippen LogP) is 2.34. The number of hydrogen-bond donors (Lipinski definition) is 3. The van der Waals surface area contributed by atoms with Crippen molar-refractivity contribution in [1.29, 1.82) is 0 Å². The maximum Gasteiger partial charge on any atom is 0.416 e. The van der Waals surface area contributed by atoms with E-state index in [1.54, 1.807) is 6.92 Å². The van der Waals surface area contributed by atoms with Crippen LogP contribution in [0.4, 0.5) is 13.2 Å². The first-order valence-corrected chi connectivity index (χ1v) is 8.11. The van der Waals surface area contributed by atoms with Crippen LogP contribution in [0.3, 0.4) is 0 Å². The van der Waals surface area contributed by atoms with Gasteiger partial charge >= 0.3 is 6.18 Å². The molecule has 2 rings (SSSR count). The van der Waals surface area contributed by atoms with Crippen molar-refractivity contribution in [2.45, 2.75) is 51.6 Å². The lowest BCUT2D eigenvalue weighted by Crippen LogP contribution is -2.59. The van der Waals surface area contributed by atoms with Gasteiger partial charge in [0, 0.05) is 0 Å². The Hall–Kier alpha value is -2.09. The molecular formula is C17H22F3N3O2. The first kappa shape index (κ1) is 19.2. The molecule has 1 aromatic rings. The average Bonchev–Trinajstić information content (AvgIpc) is 2.50. The molecule has 3 N–H and O–H groups in total. The molecule has 0 bridgehead atoms. The maximum atomic E-state index is 12.7. The van der Waals surface area contributed by atoms with Crippen LogP contribution in [-0.2, 0) is 15.8 Å². The third-order valence-corrected chi connectivity index (χ3v) is 4.10. The van der Waals surface area contributed by atoms with Crippen molar-refractivity contribution in [2.24, 2.45) is 5.92 Å². The van der Waals surface area contributed by atoms with Crippen LogP contribution in [0.2, 0.25) is 0 Å². The molecule has 0 spiro atoms. The fraction of sp³-hybridized carbons (Fsp3) is 0.529. The van der Waals surface area contributed by atoms with Crippen LogP contribution in [0.5, 0.6) is 0 Å². The number of benzene rings is 1. The predicted molar refractivity (Wildman–Crippen MR) is 86.3 cm³/mol. The monoisotopic (exact) mass is 357 g/mol. The molecule has 1 aromatic carbocycles. The third-order valence-electron chi connectivity index (χ3n) is 4.10. The Balaban J connectivity index is 2.13. The molecule has 25 heavy (non-hydrogen) atoms. The van der Waals surface area contributed by atoms with Crippen LogP contribution < -0.4 is 16.0 Å². The van der Waals surface area contributed by atoms with E-state index in [1.165, 1.54) is 12.1 Å². The number of hydrogen-bond acceptors (Lipinski definition) is 3. The summed E-state index contributed by atoms with van der Waals surface area (Å²) in [7, 11) is 0. The number of nitrogens with one attached hydrogen (secondary N) is 3. The van der Waals surface area contributed by atoms with Gasteiger partial charge in [-0.15, -0.1) is 0 Å². The summed E-state index contributed by atoms with van der Waals surface area (Å²) < 4.78 is 38.1. The second-order valence-corrected chi connectivity index (χ2v) is 6.56. The van der Waals surface area contributed by atoms with E-state index in [0.29, 0.717) is 5.56 Å². The van der Waals surface area contributed by atoms with Crippen LogP contribution in [0.25, 0.3) is 0 Å². The van der Waals surface area contributed by atoms with Crippen LogP contribution >= 0.6 is 0 Å². The van der Waals surface area contributed by atoms with Crippen molar-refractivity contribution >= 4 is 11.8 Å². The van der Waals surface area contributed by atoms with Crippen molar-refractivity contribution in [3.63, 3.8) is 0 Å². The van der Waals surface area contributed by atoms with Gasteiger partial charge in [-0.25, -0.2) is 0 Å². The van der Waals surface area contributed by atoms with Crippen molar-refractivity contribution in [2.75, 3.05) is 0 Å². The smallest absolute Gasteiger partial charge is 0.348 e. The Morgan fingerprint density at radius 3 is 2.32 bits per heavy atom. The molecule has 5 nitrogen and oxygen atoms in total. The first-order valence-electron chi connectivity index (χ1n) is 8.11. The van der Waals surface area contributed by atoms with E-state index in [2.05, 4.69) is 16.0 Å². The summed E-state index contributed by atoms with van der Waals surface area (Å²) in [6.07, 6.45) is -4.70. The summed E-state index contributed by atoms with van der Waals surface area (Å²) in [5, 5.41) is 8.47. The van der Waals surface area contributed by atoms with Gasteiger partial charge in [-0.3, -0.25) is 14.9 Å². The van der Waals surface area contributed by atoms with Crippen molar-refractivity contribution in [3.8, 4) is 0 Å². The minimum Gasteiger partial charge on any atom is -0.348 e.